The highest BCUT2D eigenvalue weighted by Crippen LogP contribution is 2.34. The molecule has 0 saturated heterocycles. The lowest BCUT2D eigenvalue weighted by atomic mass is 10.1. The maximum absolute atomic E-state index is 12.8. The second kappa shape index (κ2) is 8.45. The van der Waals surface area contributed by atoms with E-state index in [4.69, 9.17) is 9.72 Å². The summed E-state index contributed by atoms with van der Waals surface area (Å²) in [5.74, 6) is 1.49. The molecule has 4 rings (SSSR count). The molecule has 9 heteroatoms. The van der Waals surface area contributed by atoms with Gasteiger partial charge in [0.2, 0.25) is 0 Å². The van der Waals surface area contributed by atoms with Crippen molar-refractivity contribution in [3.8, 4) is 5.75 Å². The molecule has 0 aliphatic heterocycles. The summed E-state index contributed by atoms with van der Waals surface area (Å²) in [7, 11) is 1.68. The zero-order valence-corrected chi connectivity index (χ0v) is 18.5. The summed E-state index contributed by atoms with van der Waals surface area (Å²) in [5, 5.41) is 7.06. The summed E-state index contributed by atoms with van der Waals surface area (Å²) in [6.45, 7) is 3.60. The zero-order chi connectivity index (χ0) is 21.1. The molecular formula is C21H21N5O2S2. The predicted octanol–water partition coefficient (Wildman–Crippen LogP) is 4.56. The molecule has 1 N–H and O–H groups in total. The van der Waals surface area contributed by atoms with Crippen molar-refractivity contribution in [1.29, 1.82) is 0 Å². The molecule has 0 radical (unpaired) electrons. The Labute approximate surface area is 182 Å². The number of aromatic nitrogens is 4. The van der Waals surface area contributed by atoms with E-state index < -0.39 is 5.54 Å². The number of carbonyl (C=O) groups excluding carboxylic acids is 1. The maximum Gasteiger partial charge on any atom is 0.251 e. The van der Waals surface area contributed by atoms with Gasteiger partial charge in [-0.25, -0.2) is 14.6 Å². The first-order chi connectivity index (χ1) is 14.5. The Balaban J connectivity index is 1.48. The van der Waals surface area contributed by atoms with Crippen LogP contribution in [0.5, 0.6) is 5.75 Å². The monoisotopic (exact) mass is 439 g/mol. The quantitative estimate of drug-likeness (QED) is 0.425. The average Bonchev–Trinajstić information content (AvgIpc) is 3.42. The number of rotatable bonds is 7. The van der Waals surface area contributed by atoms with E-state index in [0.29, 0.717) is 0 Å². The van der Waals surface area contributed by atoms with Crippen LogP contribution < -0.4 is 10.1 Å². The molecule has 0 unspecified atom stereocenters. The van der Waals surface area contributed by atoms with Gasteiger partial charge in [0.1, 0.15) is 23.9 Å². The normalized spacial score (nSPS) is 11.6. The fraction of sp³-hybridized carbons (Fsp3) is 0.238. The van der Waals surface area contributed by atoms with Crippen LogP contribution in [0.3, 0.4) is 0 Å². The van der Waals surface area contributed by atoms with Gasteiger partial charge in [-0.2, -0.15) is 5.10 Å². The molecule has 7 nitrogen and oxygen atoms in total. The standard InChI is InChI=1S/C21H21N5O2S2/c1-21(2,26-13-22-12-23-26)19(27)24-15-8-9-16-18(10-15)30-20(25-16)29-11-14-6-4-5-7-17(14)28-3/h4-10,12-13H,11H2,1-3H3,(H,24,27). The number of hydrogen-bond acceptors (Lipinski definition) is 7. The number of carbonyl (C=O) groups is 1. The maximum atomic E-state index is 12.8. The lowest BCUT2D eigenvalue weighted by Gasteiger charge is -2.23. The smallest absolute Gasteiger partial charge is 0.251 e. The number of ether oxygens (including phenoxy) is 1. The fourth-order valence-corrected chi connectivity index (χ4v) is 4.99. The summed E-state index contributed by atoms with van der Waals surface area (Å²) >= 11 is 3.28. The molecule has 0 fully saturated rings. The topological polar surface area (TPSA) is 81.9 Å². The summed E-state index contributed by atoms with van der Waals surface area (Å²) in [4.78, 5) is 21.4. The van der Waals surface area contributed by atoms with Crippen molar-refractivity contribution >= 4 is 44.9 Å². The second-order valence-electron chi connectivity index (χ2n) is 7.12. The van der Waals surface area contributed by atoms with Gasteiger partial charge < -0.3 is 10.1 Å². The van der Waals surface area contributed by atoms with Crippen molar-refractivity contribution in [2.45, 2.75) is 29.5 Å². The number of amides is 1. The van der Waals surface area contributed by atoms with E-state index in [9.17, 15) is 4.79 Å². The zero-order valence-electron chi connectivity index (χ0n) is 16.8. The van der Waals surface area contributed by atoms with Gasteiger partial charge in [-0.3, -0.25) is 4.79 Å². The molecule has 0 bridgehead atoms. The third-order valence-electron chi connectivity index (χ3n) is 4.72. The number of thiazole rings is 1. The van der Waals surface area contributed by atoms with Gasteiger partial charge in [-0.1, -0.05) is 30.0 Å². The molecule has 0 aliphatic rings. The first kappa shape index (κ1) is 20.4. The number of hydrogen-bond donors (Lipinski definition) is 1. The third kappa shape index (κ3) is 4.17. The van der Waals surface area contributed by atoms with Gasteiger partial charge in [0, 0.05) is 17.0 Å². The number of nitrogens with zero attached hydrogens (tertiary/aromatic N) is 4. The molecule has 2 heterocycles. The molecule has 30 heavy (non-hydrogen) atoms. The Morgan fingerprint density at radius 2 is 2.10 bits per heavy atom. The molecule has 1 amide bonds. The Morgan fingerprint density at radius 1 is 1.27 bits per heavy atom. The van der Waals surface area contributed by atoms with Crippen molar-refractivity contribution in [3.63, 3.8) is 0 Å². The lowest BCUT2D eigenvalue weighted by Crippen LogP contribution is -2.40. The fourth-order valence-electron chi connectivity index (χ4n) is 2.89. The minimum atomic E-state index is -0.852. The lowest BCUT2D eigenvalue weighted by molar-refractivity contribution is -0.123. The second-order valence-corrected chi connectivity index (χ2v) is 9.37. The van der Waals surface area contributed by atoms with Gasteiger partial charge in [-0.15, -0.1) is 11.3 Å². The molecule has 4 aromatic rings. The van der Waals surface area contributed by atoms with Crippen LogP contribution in [0.4, 0.5) is 5.69 Å². The molecule has 2 aromatic carbocycles. The average molecular weight is 440 g/mol. The van der Waals surface area contributed by atoms with Gasteiger partial charge in [0.05, 0.1) is 17.3 Å². The molecule has 154 valence electrons. The van der Waals surface area contributed by atoms with E-state index in [1.54, 1.807) is 48.7 Å². The number of fused-ring (bicyclic) bond motifs is 1. The highest BCUT2D eigenvalue weighted by atomic mass is 32.2. The van der Waals surface area contributed by atoms with Crippen molar-refractivity contribution in [2.75, 3.05) is 12.4 Å². The van der Waals surface area contributed by atoms with E-state index in [1.165, 1.54) is 12.7 Å². The summed E-state index contributed by atoms with van der Waals surface area (Å²) in [6.07, 6.45) is 2.96. The van der Waals surface area contributed by atoms with E-state index >= 15 is 0 Å². The number of thioether (sulfide) groups is 1. The molecule has 0 saturated carbocycles. The SMILES string of the molecule is COc1ccccc1CSc1nc2ccc(NC(=O)C(C)(C)n3cncn3)cc2s1. The van der Waals surface area contributed by atoms with Crippen LogP contribution in [0.25, 0.3) is 10.2 Å². The number of para-hydroxylation sites is 1. The van der Waals surface area contributed by atoms with Crippen LogP contribution in [0.2, 0.25) is 0 Å². The molecule has 0 atom stereocenters. The number of anilines is 1. The Bertz CT molecular complexity index is 1170. The van der Waals surface area contributed by atoms with E-state index in [2.05, 4.69) is 21.5 Å². The Hall–Kier alpha value is -2.91. The van der Waals surface area contributed by atoms with Crippen molar-refractivity contribution in [2.24, 2.45) is 0 Å². The third-order valence-corrected chi connectivity index (χ3v) is 6.93. The highest BCUT2D eigenvalue weighted by Gasteiger charge is 2.30. The van der Waals surface area contributed by atoms with Gasteiger partial charge >= 0.3 is 0 Å². The summed E-state index contributed by atoms with van der Waals surface area (Å²) in [5.41, 5.74) is 1.92. The van der Waals surface area contributed by atoms with Gasteiger partial charge in [0.15, 0.2) is 4.34 Å². The minimum absolute atomic E-state index is 0.164. The minimum Gasteiger partial charge on any atom is -0.496 e. The van der Waals surface area contributed by atoms with Gasteiger partial charge in [-0.05, 0) is 38.1 Å². The largest absolute Gasteiger partial charge is 0.496 e. The molecular weight excluding hydrogens is 418 g/mol. The number of benzene rings is 2. The Kier molecular flexibility index (Phi) is 5.74. The van der Waals surface area contributed by atoms with Crippen LogP contribution in [0.15, 0.2) is 59.5 Å². The van der Waals surface area contributed by atoms with Crippen molar-refractivity contribution < 1.29 is 9.53 Å². The van der Waals surface area contributed by atoms with Crippen LogP contribution in [-0.4, -0.2) is 32.8 Å². The predicted molar refractivity (Wildman–Crippen MR) is 120 cm³/mol. The van der Waals surface area contributed by atoms with Crippen molar-refractivity contribution in [1.82, 2.24) is 19.7 Å². The summed E-state index contributed by atoms with van der Waals surface area (Å²) < 4.78 is 8.96. The highest BCUT2D eigenvalue weighted by molar-refractivity contribution is 8.00. The molecule has 0 aliphatic carbocycles. The Morgan fingerprint density at radius 3 is 2.87 bits per heavy atom. The summed E-state index contributed by atoms with van der Waals surface area (Å²) in [6, 6.07) is 13.7. The number of nitrogens with one attached hydrogen (secondary N) is 1. The van der Waals surface area contributed by atoms with E-state index in [1.807, 2.05) is 36.4 Å². The van der Waals surface area contributed by atoms with Crippen LogP contribution >= 0.6 is 23.1 Å². The van der Waals surface area contributed by atoms with Crippen LogP contribution in [0.1, 0.15) is 19.4 Å². The molecule has 2 aromatic heterocycles. The number of methoxy groups -OCH3 is 1. The molecule has 0 spiro atoms. The van der Waals surface area contributed by atoms with Gasteiger partial charge in [0.25, 0.3) is 5.91 Å². The van der Waals surface area contributed by atoms with E-state index in [-0.39, 0.29) is 5.91 Å². The van der Waals surface area contributed by atoms with E-state index in [0.717, 1.165) is 37.3 Å². The van der Waals surface area contributed by atoms with Crippen molar-refractivity contribution in [3.05, 3.63) is 60.7 Å². The first-order valence-corrected chi connectivity index (χ1v) is 11.1. The van der Waals surface area contributed by atoms with Crippen LogP contribution in [-0.2, 0) is 16.1 Å². The van der Waals surface area contributed by atoms with Crippen LogP contribution in [0, 0.1) is 0 Å². The first-order valence-electron chi connectivity index (χ1n) is 9.29.